The van der Waals surface area contributed by atoms with Crippen LogP contribution >= 0.6 is 0 Å². The van der Waals surface area contributed by atoms with Crippen molar-refractivity contribution in [2.75, 3.05) is 26.2 Å². The SMILES string of the molecule is CC(C)O[SiH2]CCCNCCNCCC[SiH2]OC(C)C. The summed E-state index contributed by atoms with van der Waals surface area (Å²) in [5, 5.41) is 6.96. The summed E-state index contributed by atoms with van der Waals surface area (Å²) in [6, 6.07) is 2.58. The molecule has 0 spiro atoms. The number of hydrogen-bond acceptors (Lipinski definition) is 4. The zero-order chi connectivity index (χ0) is 15.1. The van der Waals surface area contributed by atoms with E-state index in [1.165, 1.54) is 24.9 Å². The predicted molar refractivity (Wildman–Crippen MR) is 94.1 cm³/mol. The van der Waals surface area contributed by atoms with Gasteiger partial charge in [0.1, 0.15) is 0 Å². The molecule has 0 aromatic rings. The second kappa shape index (κ2) is 15.7. The summed E-state index contributed by atoms with van der Waals surface area (Å²) in [7, 11) is -0.523. The van der Waals surface area contributed by atoms with E-state index in [4.69, 9.17) is 8.85 Å². The lowest BCUT2D eigenvalue weighted by Crippen LogP contribution is -2.28. The summed E-state index contributed by atoms with van der Waals surface area (Å²) in [5.41, 5.74) is 0. The highest BCUT2D eigenvalue weighted by Crippen LogP contribution is 1.93. The Hall–Kier alpha value is 0.274. The highest BCUT2D eigenvalue weighted by Gasteiger charge is 1.95. The lowest BCUT2D eigenvalue weighted by Gasteiger charge is -2.09. The molecule has 0 amide bonds. The second-order valence-electron chi connectivity index (χ2n) is 5.75. The van der Waals surface area contributed by atoms with Crippen LogP contribution in [0.2, 0.25) is 12.1 Å². The van der Waals surface area contributed by atoms with Crippen LogP contribution in [0.5, 0.6) is 0 Å². The topological polar surface area (TPSA) is 42.5 Å². The molecular formula is C14H36N2O2Si2. The normalized spacial score (nSPS) is 12.9. The van der Waals surface area contributed by atoms with Gasteiger partial charge >= 0.3 is 0 Å². The van der Waals surface area contributed by atoms with Crippen LogP contribution in [0.1, 0.15) is 40.5 Å². The Morgan fingerprint density at radius 2 is 1.10 bits per heavy atom. The highest BCUT2D eigenvalue weighted by atomic mass is 28.2. The summed E-state index contributed by atoms with van der Waals surface area (Å²) < 4.78 is 11.3. The summed E-state index contributed by atoms with van der Waals surface area (Å²) in [5.74, 6) is 0. The fourth-order valence-electron chi connectivity index (χ4n) is 1.77. The van der Waals surface area contributed by atoms with Crippen LogP contribution < -0.4 is 10.6 Å². The third-order valence-electron chi connectivity index (χ3n) is 2.88. The van der Waals surface area contributed by atoms with E-state index >= 15 is 0 Å². The first kappa shape index (κ1) is 20.3. The van der Waals surface area contributed by atoms with Gasteiger partial charge in [0.25, 0.3) is 0 Å². The minimum Gasteiger partial charge on any atom is -0.422 e. The molecule has 20 heavy (non-hydrogen) atoms. The van der Waals surface area contributed by atoms with Crippen molar-refractivity contribution in [3.8, 4) is 0 Å². The van der Waals surface area contributed by atoms with Gasteiger partial charge < -0.3 is 19.5 Å². The molecule has 0 aromatic carbocycles. The molecule has 0 saturated carbocycles. The van der Waals surface area contributed by atoms with Crippen molar-refractivity contribution in [1.82, 2.24) is 10.6 Å². The van der Waals surface area contributed by atoms with Gasteiger partial charge in [0.05, 0.1) is 0 Å². The van der Waals surface area contributed by atoms with Crippen LogP contribution in [0, 0.1) is 0 Å². The van der Waals surface area contributed by atoms with Crippen molar-refractivity contribution in [1.29, 1.82) is 0 Å². The average Bonchev–Trinajstić information content (AvgIpc) is 2.38. The van der Waals surface area contributed by atoms with Gasteiger partial charge in [-0.1, -0.05) is 0 Å². The van der Waals surface area contributed by atoms with Crippen LogP contribution in [0.4, 0.5) is 0 Å². The number of rotatable bonds is 15. The largest absolute Gasteiger partial charge is 0.422 e. The molecule has 0 atom stereocenters. The Labute approximate surface area is 130 Å². The minimum atomic E-state index is -0.262. The fourth-order valence-corrected chi connectivity index (χ4v) is 3.95. The van der Waals surface area contributed by atoms with E-state index in [1.54, 1.807) is 0 Å². The molecule has 0 aromatic heterocycles. The van der Waals surface area contributed by atoms with E-state index in [0.717, 1.165) is 26.2 Å². The maximum atomic E-state index is 5.64. The Kier molecular flexibility index (Phi) is 15.9. The molecule has 0 bridgehead atoms. The molecule has 6 heteroatoms. The summed E-state index contributed by atoms with van der Waals surface area (Å²) in [6.45, 7) is 12.9. The van der Waals surface area contributed by atoms with Gasteiger partial charge in [0, 0.05) is 25.3 Å². The molecule has 0 aliphatic carbocycles. The predicted octanol–water partition coefficient (Wildman–Crippen LogP) is 0.800. The molecule has 0 aliphatic heterocycles. The fraction of sp³-hybridized carbons (Fsp3) is 1.00. The summed E-state index contributed by atoms with van der Waals surface area (Å²) in [4.78, 5) is 0. The van der Waals surface area contributed by atoms with Crippen LogP contribution in [0.3, 0.4) is 0 Å². The van der Waals surface area contributed by atoms with Crippen molar-refractivity contribution >= 4 is 19.5 Å². The van der Waals surface area contributed by atoms with E-state index in [2.05, 4.69) is 38.3 Å². The van der Waals surface area contributed by atoms with E-state index in [1.807, 2.05) is 0 Å². The highest BCUT2D eigenvalue weighted by molar-refractivity contribution is 6.27. The summed E-state index contributed by atoms with van der Waals surface area (Å²) >= 11 is 0. The van der Waals surface area contributed by atoms with Crippen molar-refractivity contribution in [3.63, 3.8) is 0 Å². The van der Waals surface area contributed by atoms with Crippen molar-refractivity contribution in [2.45, 2.75) is 64.8 Å². The standard InChI is InChI=1S/C14H36N2O2Si2/c1-13(2)17-19-11-5-7-15-9-10-16-8-6-12-20-18-14(3)4/h13-16H,5-12,19-20H2,1-4H3. The minimum absolute atomic E-state index is 0.262. The molecule has 0 unspecified atom stereocenters. The maximum absolute atomic E-state index is 5.64. The Morgan fingerprint density at radius 1 is 0.700 bits per heavy atom. The van der Waals surface area contributed by atoms with E-state index < -0.39 is 0 Å². The van der Waals surface area contributed by atoms with Gasteiger partial charge in [-0.15, -0.1) is 0 Å². The van der Waals surface area contributed by atoms with E-state index in [-0.39, 0.29) is 19.5 Å². The molecular weight excluding hydrogens is 284 g/mol. The third kappa shape index (κ3) is 18.3. The molecule has 4 nitrogen and oxygen atoms in total. The molecule has 0 heterocycles. The Morgan fingerprint density at radius 3 is 1.45 bits per heavy atom. The molecule has 0 radical (unpaired) electrons. The lowest BCUT2D eigenvalue weighted by molar-refractivity contribution is 0.254. The van der Waals surface area contributed by atoms with Crippen molar-refractivity contribution in [3.05, 3.63) is 0 Å². The van der Waals surface area contributed by atoms with Gasteiger partial charge in [0.2, 0.25) is 0 Å². The maximum Gasteiger partial charge on any atom is 0.161 e. The number of nitrogens with one attached hydrogen (secondary N) is 2. The van der Waals surface area contributed by atoms with Gasteiger partial charge in [-0.3, -0.25) is 0 Å². The van der Waals surface area contributed by atoms with Crippen molar-refractivity contribution < 1.29 is 8.85 Å². The van der Waals surface area contributed by atoms with Gasteiger partial charge in [-0.05, 0) is 65.7 Å². The Bertz CT molecular complexity index is 176. The second-order valence-corrected chi connectivity index (χ2v) is 8.65. The monoisotopic (exact) mass is 320 g/mol. The summed E-state index contributed by atoms with van der Waals surface area (Å²) in [6.07, 6.45) is 3.37. The van der Waals surface area contributed by atoms with E-state index in [0.29, 0.717) is 12.2 Å². The van der Waals surface area contributed by atoms with Gasteiger partial charge in [-0.2, -0.15) is 0 Å². The molecule has 0 rings (SSSR count). The van der Waals surface area contributed by atoms with E-state index in [9.17, 15) is 0 Å². The molecule has 0 saturated heterocycles. The van der Waals surface area contributed by atoms with Crippen LogP contribution in [0.25, 0.3) is 0 Å². The average molecular weight is 321 g/mol. The zero-order valence-corrected chi connectivity index (χ0v) is 16.9. The van der Waals surface area contributed by atoms with Crippen LogP contribution in [0.15, 0.2) is 0 Å². The number of hydrogen-bond donors (Lipinski definition) is 2. The first-order valence-electron chi connectivity index (χ1n) is 8.27. The molecule has 0 aliphatic rings. The van der Waals surface area contributed by atoms with Crippen LogP contribution in [-0.2, 0) is 8.85 Å². The molecule has 0 fully saturated rings. The third-order valence-corrected chi connectivity index (χ3v) is 6.26. The molecule has 2 N–H and O–H groups in total. The van der Waals surface area contributed by atoms with Gasteiger partial charge in [0.15, 0.2) is 19.5 Å². The lowest BCUT2D eigenvalue weighted by atomic mass is 10.4. The Balaban J connectivity index is 2.96. The first-order valence-corrected chi connectivity index (χ1v) is 11.4. The van der Waals surface area contributed by atoms with Crippen molar-refractivity contribution in [2.24, 2.45) is 0 Å². The quantitative estimate of drug-likeness (QED) is 0.346. The smallest absolute Gasteiger partial charge is 0.161 e. The van der Waals surface area contributed by atoms with Crippen LogP contribution in [-0.4, -0.2) is 57.9 Å². The zero-order valence-electron chi connectivity index (χ0n) is 14.0. The molecule has 122 valence electrons. The first-order chi connectivity index (χ1) is 9.63. The van der Waals surface area contributed by atoms with Gasteiger partial charge in [-0.25, -0.2) is 0 Å².